The molecule has 7 rings (SSSR count). The molecule has 1 aromatic carbocycles. The SMILES string of the molecule is C[C@@H]1C[C@H]2C3CCC4=CC(=O)C=C[C@]4(C)[C@@]3(F)[C@@H](O)C[C@]2(C)[C@@]1(O)C(=O)NCCOCCOCCOCCNC(=O)CCC(NC(=O)c1ccc(N(C)Cc2cnc3nc(N)nc(N)c3n2)cc1)C(=O)O. The van der Waals surface area contributed by atoms with E-state index in [1.165, 1.54) is 12.2 Å². The topological polar surface area (TPSA) is 317 Å². The number of allylic oxidation sites excluding steroid dienone is 4. The fraction of sp³-hybridized carbons (Fsp3) is 0.571. The van der Waals surface area contributed by atoms with Crippen LogP contribution in [0.5, 0.6) is 0 Å². The van der Waals surface area contributed by atoms with Gasteiger partial charge in [-0.1, -0.05) is 25.5 Å². The van der Waals surface area contributed by atoms with Gasteiger partial charge in [-0.15, -0.1) is 0 Å². The molecule has 3 fully saturated rings. The maximum atomic E-state index is 17.4. The van der Waals surface area contributed by atoms with Crippen LogP contribution >= 0.6 is 0 Å². The predicted octanol–water partition coefficient (Wildman–Crippen LogP) is 1.81. The van der Waals surface area contributed by atoms with Crippen molar-refractivity contribution in [2.24, 2.45) is 28.6 Å². The van der Waals surface area contributed by atoms with Crippen molar-refractivity contribution in [1.82, 2.24) is 35.9 Å². The first-order chi connectivity index (χ1) is 33.7. The van der Waals surface area contributed by atoms with E-state index in [1.54, 1.807) is 57.3 Å². The van der Waals surface area contributed by atoms with E-state index >= 15 is 4.39 Å². The highest BCUT2D eigenvalue weighted by atomic mass is 19.1. The number of nitrogens with one attached hydrogen (secondary N) is 3. The lowest BCUT2D eigenvalue weighted by Crippen LogP contribution is -2.70. The van der Waals surface area contributed by atoms with Gasteiger partial charge in [-0.2, -0.15) is 9.97 Å². The van der Waals surface area contributed by atoms with Gasteiger partial charge < -0.3 is 61.8 Å². The zero-order valence-electron chi connectivity index (χ0n) is 40.5. The molecule has 10 N–H and O–H groups in total. The Morgan fingerprint density at radius 3 is 2.30 bits per heavy atom. The first-order valence-electron chi connectivity index (χ1n) is 23.9. The number of ether oxygens (including phenoxy) is 3. The molecule has 0 bridgehead atoms. The van der Waals surface area contributed by atoms with Gasteiger partial charge in [0.05, 0.1) is 64.2 Å². The lowest BCUT2D eigenvalue weighted by molar-refractivity contribution is -0.219. The number of anilines is 3. The van der Waals surface area contributed by atoms with Crippen molar-refractivity contribution in [3.05, 3.63) is 65.5 Å². The first-order valence-corrected chi connectivity index (χ1v) is 23.9. The van der Waals surface area contributed by atoms with Crippen LogP contribution in [0.15, 0.2) is 54.3 Å². The number of benzene rings is 1. The number of amides is 3. The molecule has 0 saturated heterocycles. The van der Waals surface area contributed by atoms with Crippen molar-refractivity contribution in [2.75, 3.05) is 76.1 Å². The van der Waals surface area contributed by atoms with E-state index in [0.29, 0.717) is 42.6 Å². The van der Waals surface area contributed by atoms with Crippen LogP contribution in [-0.2, 0) is 39.9 Å². The van der Waals surface area contributed by atoms with Crippen molar-refractivity contribution < 1.29 is 57.9 Å². The molecule has 3 amide bonds. The lowest BCUT2D eigenvalue weighted by atomic mass is 9.44. The fourth-order valence-corrected chi connectivity index (χ4v) is 11.3. The van der Waals surface area contributed by atoms with Gasteiger partial charge in [0.2, 0.25) is 11.9 Å². The Morgan fingerprint density at radius 2 is 1.62 bits per heavy atom. The van der Waals surface area contributed by atoms with E-state index in [9.17, 15) is 39.3 Å². The number of aromatic nitrogens is 4. The third-order valence-electron chi connectivity index (χ3n) is 15.1. The number of aliphatic carboxylic acids is 1. The lowest BCUT2D eigenvalue weighted by Gasteiger charge is -2.62. The molecule has 9 atom stereocenters. The summed E-state index contributed by atoms with van der Waals surface area (Å²) < 4.78 is 34.1. The van der Waals surface area contributed by atoms with E-state index in [-0.39, 0.29) is 107 Å². The summed E-state index contributed by atoms with van der Waals surface area (Å²) in [6, 6.07) is 5.22. The number of rotatable bonds is 22. The van der Waals surface area contributed by atoms with E-state index in [4.69, 9.17) is 25.7 Å². The minimum absolute atomic E-state index is 0.00192. The van der Waals surface area contributed by atoms with E-state index in [0.717, 1.165) is 5.69 Å². The number of aliphatic hydroxyl groups excluding tert-OH is 1. The number of aliphatic hydroxyl groups is 2. The predicted molar refractivity (Wildman–Crippen MR) is 257 cm³/mol. The largest absolute Gasteiger partial charge is 0.480 e. The summed E-state index contributed by atoms with van der Waals surface area (Å²) in [6.45, 7) is 7.24. The second-order valence-electron chi connectivity index (χ2n) is 19.4. The van der Waals surface area contributed by atoms with E-state index < -0.39 is 69.8 Å². The van der Waals surface area contributed by atoms with Crippen LogP contribution in [0.2, 0.25) is 0 Å². The van der Waals surface area contributed by atoms with Gasteiger partial charge in [0.1, 0.15) is 6.04 Å². The molecule has 2 aromatic heterocycles. The third kappa shape index (κ3) is 10.6. The van der Waals surface area contributed by atoms with Gasteiger partial charge in [-0.3, -0.25) is 19.2 Å². The van der Waals surface area contributed by atoms with Crippen LogP contribution in [0.25, 0.3) is 11.2 Å². The Labute approximate surface area is 410 Å². The molecule has 71 heavy (non-hydrogen) atoms. The zero-order chi connectivity index (χ0) is 51.3. The minimum atomic E-state index is -2.05. The molecule has 2 heterocycles. The summed E-state index contributed by atoms with van der Waals surface area (Å²) in [5, 5.41) is 41.4. The van der Waals surface area contributed by atoms with E-state index in [2.05, 4.69) is 35.9 Å². The second-order valence-corrected chi connectivity index (χ2v) is 19.4. The highest BCUT2D eigenvalue weighted by molar-refractivity contribution is 6.01. The second kappa shape index (κ2) is 21.7. The highest BCUT2D eigenvalue weighted by Crippen LogP contribution is 2.70. The number of halogens is 1. The molecule has 3 saturated carbocycles. The summed E-state index contributed by atoms with van der Waals surface area (Å²) in [7, 11) is 1.82. The van der Waals surface area contributed by atoms with Gasteiger partial charge in [0.25, 0.3) is 11.8 Å². The average Bonchev–Trinajstić information content (AvgIpc) is 3.53. The van der Waals surface area contributed by atoms with Crippen molar-refractivity contribution in [3.63, 3.8) is 0 Å². The van der Waals surface area contributed by atoms with Gasteiger partial charge >= 0.3 is 5.97 Å². The average molecular weight is 989 g/mol. The summed E-state index contributed by atoms with van der Waals surface area (Å²) >= 11 is 0. The van der Waals surface area contributed by atoms with Gasteiger partial charge in [-0.05, 0) is 87.3 Å². The maximum Gasteiger partial charge on any atom is 0.326 e. The van der Waals surface area contributed by atoms with Crippen LogP contribution < -0.4 is 32.3 Å². The molecule has 4 aliphatic carbocycles. The van der Waals surface area contributed by atoms with Gasteiger partial charge in [0.15, 0.2) is 34.0 Å². The number of carboxylic acids is 1. The summed E-state index contributed by atoms with van der Waals surface area (Å²) in [5.41, 5.74) is 8.26. The number of alkyl halides is 1. The van der Waals surface area contributed by atoms with Crippen molar-refractivity contribution in [2.45, 2.75) is 89.3 Å². The Hall–Kier alpha value is -6.20. The molecule has 2 unspecified atom stereocenters. The van der Waals surface area contributed by atoms with Crippen LogP contribution in [0.3, 0.4) is 0 Å². The first kappa shape index (κ1) is 52.6. The van der Waals surface area contributed by atoms with Crippen LogP contribution in [0.1, 0.15) is 75.3 Å². The number of carbonyl (C=O) groups excluding carboxylic acids is 4. The number of hydrogen-bond acceptors (Lipinski definition) is 17. The number of carbonyl (C=O) groups is 5. The van der Waals surface area contributed by atoms with E-state index in [1.807, 2.05) is 11.9 Å². The highest BCUT2D eigenvalue weighted by Gasteiger charge is 2.75. The van der Waals surface area contributed by atoms with Crippen LogP contribution in [0.4, 0.5) is 21.8 Å². The minimum Gasteiger partial charge on any atom is -0.480 e. The summed E-state index contributed by atoms with van der Waals surface area (Å²) in [6.07, 6.45) is 5.46. The standard InChI is InChI=1S/C49H65FN10O11/c1-28-23-35-34-10-7-30-24-33(61)13-14-46(30,2)48(34,50)37(62)25-47(35,3)49(28,68)44(67)54-16-18-70-20-22-71-21-19-69-17-15-53-38(63)12-11-36(43(65)66)57-42(64)29-5-8-32(9-6-29)60(4)27-31-26-55-41-39(56-31)40(51)58-45(52)59-41/h5-6,8-9,13-14,24,26,28,34-37,62,68H,7,10-12,15-23,25,27H2,1-4H3,(H,53,63)(H,54,67)(H,57,64)(H,65,66)(H4,51,52,55,58,59)/t28-,34?,35+,36?,37+,46+,47+,48+,49+/m1/s1. The molecule has 4 aliphatic rings. The maximum absolute atomic E-state index is 17.4. The molecule has 0 radical (unpaired) electrons. The quantitative estimate of drug-likeness (QED) is 0.0666. The third-order valence-corrected chi connectivity index (χ3v) is 15.1. The summed E-state index contributed by atoms with van der Waals surface area (Å²) in [5.74, 6) is -4.44. The number of nitrogens with zero attached hydrogens (tertiary/aromatic N) is 5. The molecule has 0 spiro atoms. The summed E-state index contributed by atoms with van der Waals surface area (Å²) in [4.78, 5) is 81.8. The molecule has 384 valence electrons. The number of nitrogens with two attached hydrogens (primary N) is 2. The Bertz CT molecular complexity index is 2550. The molecular formula is C49H65FN10O11. The Balaban J connectivity index is 0.730. The van der Waals surface area contributed by atoms with Gasteiger partial charge in [0, 0.05) is 54.6 Å². The fourth-order valence-electron chi connectivity index (χ4n) is 11.3. The molecule has 0 aliphatic heterocycles. The monoisotopic (exact) mass is 988 g/mol. The zero-order valence-corrected chi connectivity index (χ0v) is 40.5. The molecular weight excluding hydrogens is 924 g/mol. The Morgan fingerprint density at radius 1 is 0.958 bits per heavy atom. The number of fused-ring (bicyclic) bond motifs is 6. The van der Waals surface area contributed by atoms with Crippen molar-refractivity contribution in [3.8, 4) is 0 Å². The normalized spacial score (nSPS) is 28.0. The number of nitrogen functional groups attached to an aromatic ring is 2. The number of ketones is 1. The molecule has 22 heteroatoms. The smallest absolute Gasteiger partial charge is 0.326 e. The van der Waals surface area contributed by atoms with Crippen molar-refractivity contribution >= 4 is 58.1 Å². The molecule has 21 nitrogen and oxygen atoms in total. The van der Waals surface area contributed by atoms with Crippen molar-refractivity contribution in [1.29, 1.82) is 0 Å². The van der Waals surface area contributed by atoms with Crippen LogP contribution in [-0.4, -0.2) is 148 Å². The van der Waals surface area contributed by atoms with Crippen LogP contribution in [0, 0.1) is 28.6 Å². The van der Waals surface area contributed by atoms with Gasteiger partial charge in [-0.25, -0.2) is 19.2 Å². The number of hydrogen-bond donors (Lipinski definition) is 8. The Kier molecular flexibility index (Phi) is 16.0. The molecule has 3 aromatic rings. The number of carboxylic acid groups (broad SMARTS) is 1.